The third-order valence-electron chi connectivity index (χ3n) is 3.86. The summed E-state index contributed by atoms with van der Waals surface area (Å²) in [6, 6.07) is 15.9. The molecular formula is C19H11FN2O3. The van der Waals surface area contributed by atoms with Gasteiger partial charge in [0.25, 0.3) is 5.91 Å². The van der Waals surface area contributed by atoms with E-state index in [0.29, 0.717) is 28.6 Å². The number of fused-ring (bicyclic) bond motifs is 1. The van der Waals surface area contributed by atoms with Gasteiger partial charge in [0.2, 0.25) is 0 Å². The number of nitrogens with zero attached hydrogens (tertiary/aromatic N) is 2. The van der Waals surface area contributed by atoms with Gasteiger partial charge in [-0.25, -0.2) is 4.39 Å². The predicted octanol–water partition coefficient (Wildman–Crippen LogP) is 3.94. The normalized spacial score (nSPS) is 10.9. The molecule has 0 atom stereocenters. The minimum atomic E-state index is -0.616. The summed E-state index contributed by atoms with van der Waals surface area (Å²) < 4.78 is 20.6. The van der Waals surface area contributed by atoms with Gasteiger partial charge in [-0.1, -0.05) is 30.3 Å². The highest BCUT2D eigenvalue weighted by Gasteiger charge is 2.21. The number of hydrogen-bond donors (Lipinski definition) is 0. The molecule has 0 spiro atoms. The molecule has 0 bridgehead atoms. The van der Waals surface area contributed by atoms with Gasteiger partial charge in [-0.05, 0) is 30.3 Å². The number of para-hydroxylation sites is 1. The largest absolute Gasteiger partial charge is 0.452 e. The Morgan fingerprint density at radius 2 is 1.80 bits per heavy atom. The number of aromatic nitrogens is 2. The Balaban J connectivity index is 1.92. The highest BCUT2D eigenvalue weighted by molar-refractivity contribution is 6.04. The Morgan fingerprint density at radius 1 is 1.04 bits per heavy atom. The van der Waals surface area contributed by atoms with Gasteiger partial charge >= 0.3 is 0 Å². The summed E-state index contributed by atoms with van der Waals surface area (Å²) in [7, 11) is 0. The Kier molecular flexibility index (Phi) is 3.50. The molecule has 25 heavy (non-hydrogen) atoms. The molecule has 4 rings (SSSR count). The van der Waals surface area contributed by atoms with Crippen molar-refractivity contribution in [2.24, 2.45) is 0 Å². The second-order valence-electron chi connectivity index (χ2n) is 5.38. The topological polar surface area (TPSA) is 65.1 Å². The monoisotopic (exact) mass is 334 g/mol. The van der Waals surface area contributed by atoms with Crippen molar-refractivity contribution in [3.05, 3.63) is 77.8 Å². The van der Waals surface area contributed by atoms with E-state index in [0.717, 1.165) is 4.68 Å². The van der Waals surface area contributed by atoms with E-state index < -0.39 is 11.7 Å². The molecule has 2 heterocycles. The summed E-state index contributed by atoms with van der Waals surface area (Å²) in [5, 5.41) is 4.98. The zero-order chi connectivity index (χ0) is 17.4. The van der Waals surface area contributed by atoms with Crippen molar-refractivity contribution in [2.45, 2.75) is 0 Å². The van der Waals surface area contributed by atoms with Gasteiger partial charge in [-0.2, -0.15) is 9.78 Å². The van der Waals surface area contributed by atoms with Crippen LogP contribution in [0.3, 0.4) is 0 Å². The van der Waals surface area contributed by atoms with Crippen LogP contribution in [-0.2, 0) is 0 Å². The molecule has 6 heteroatoms. The lowest BCUT2D eigenvalue weighted by atomic mass is 10.1. The first-order valence-electron chi connectivity index (χ1n) is 7.51. The van der Waals surface area contributed by atoms with E-state index in [1.54, 1.807) is 36.4 Å². The summed E-state index contributed by atoms with van der Waals surface area (Å²) in [5.41, 5.74) is 0.860. The van der Waals surface area contributed by atoms with Crippen LogP contribution in [0.25, 0.3) is 22.4 Å². The van der Waals surface area contributed by atoms with Crippen molar-refractivity contribution >= 4 is 23.1 Å². The van der Waals surface area contributed by atoms with Crippen LogP contribution in [-0.4, -0.2) is 22.0 Å². The molecule has 0 amide bonds. The number of furan rings is 1. The van der Waals surface area contributed by atoms with E-state index in [9.17, 15) is 14.0 Å². The molecule has 122 valence electrons. The first kappa shape index (κ1) is 15.0. The lowest BCUT2D eigenvalue weighted by Crippen LogP contribution is -2.15. The van der Waals surface area contributed by atoms with Gasteiger partial charge in [0, 0.05) is 5.39 Å². The number of aldehydes is 1. The highest BCUT2D eigenvalue weighted by atomic mass is 19.1. The van der Waals surface area contributed by atoms with Crippen LogP contribution in [0.15, 0.2) is 65.1 Å². The first-order valence-corrected chi connectivity index (χ1v) is 7.51. The van der Waals surface area contributed by atoms with Crippen molar-refractivity contribution in [2.75, 3.05) is 0 Å². The maximum Gasteiger partial charge on any atom is 0.281 e. The summed E-state index contributed by atoms with van der Waals surface area (Å²) in [6.45, 7) is 0. The zero-order valence-corrected chi connectivity index (χ0v) is 12.8. The van der Waals surface area contributed by atoms with Crippen molar-refractivity contribution in [3.63, 3.8) is 0 Å². The van der Waals surface area contributed by atoms with Crippen LogP contribution < -0.4 is 0 Å². The standard InChI is InChI=1S/C19H11FN2O3/c20-15-7-3-1-5-13(15)19(24)22-16-8-4-2-6-14(16)18(21-22)17-10-9-12(11-23)25-17/h1-11H. The second-order valence-corrected chi connectivity index (χ2v) is 5.38. The van der Waals surface area contributed by atoms with Crippen LogP contribution in [0.5, 0.6) is 0 Å². The molecule has 4 aromatic rings. The van der Waals surface area contributed by atoms with E-state index >= 15 is 0 Å². The first-order chi connectivity index (χ1) is 12.2. The summed E-state index contributed by atoms with van der Waals surface area (Å²) >= 11 is 0. The van der Waals surface area contributed by atoms with Crippen LogP contribution in [0.1, 0.15) is 20.9 Å². The quantitative estimate of drug-likeness (QED) is 0.532. The van der Waals surface area contributed by atoms with Gasteiger partial charge in [0.15, 0.2) is 17.8 Å². The number of carbonyl (C=O) groups is 2. The average Bonchev–Trinajstić information content (AvgIpc) is 3.26. The van der Waals surface area contributed by atoms with Gasteiger partial charge in [-0.15, -0.1) is 0 Å². The molecular weight excluding hydrogens is 323 g/mol. The number of rotatable bonds is 3. The molecule has 0 radical (unpaired) electrons. The average molecular weight is 334 g/mol. The van der Waals surface area contributed by atoms with Crippen LogP contribution in [0.4, 0.5) is 4.39 Å². The number of hydrogen-bond acceptors (Lipinski definition) is 4. The van der Waals surface area contributed by atoms with E-state index in [1.165, 1.54) is 24.3 Å². The Morgan fingerprint density at radius 3 is 2.56 bits per heavy atom. The minimum Gasteiger partial charge on any atom is -0.452 e. The maximum absolute atomic E-state index is 14.0. The molecule has 2 aromatic heterocycles. The van der Waals surface area contributed by atoms with E-state index in [-0.39, 0.29) is 11.3 Å². The SMILES string of the molecule is O=Cc1ccc(-c2nn(C(=O)c3ccccc3F)c3ccccc23)o1. The number of carbonyl (C=O) groups excluding carboxylic acids is 2. The van der Waals surface area contributed by atoms with Crippen LogP contribution >= 0.6 is 0 Å². The zero-order valence-electron chi connectivity index (χ0n) is 12.8. The molecule has 0 saturated heterocycles. The smallest absolute Gasteiger partial charge is 0.281 e. The lowest BCUT2D eigenvalue weighted by molar-refractivity contribution is 0.0946. The maximum atomic E-state index is 14.0. The molecule has 0 aliphatic rings. The fourth-order valence-electron chi connectivity index (χ4n) is 2.70. The molecule has 0 aliphatic heterocycles. The Labute approximate surface area is 141 Å². The Hall–Kier alpha value is -3.54. The summed E-state index contributed by atoms with van der Waals surface area (Å²) in [5.74, 6) is -0.676. The van der Waals surface area contributed by atoms with Gasteiger partial charge in [0.05, 0.1) is 11.1 Å². The van der Waals surface area contributed by atoms with Gasteiger partial charge < -0.3 is 4.42 Å². The molecule has 0 fully saturated rings. The fourth-order valence-corrected chi connectivity index (χ4v) is 2.70. The lowest BCUT2D eigenvalue weighted by Gasteiger charge is -2.03. The molecule has 5 nitrogen and oxygen atoms in total. The van der Waals surface area contributed by atoms with Gasteiger partial charge in [-0.3, -0.25) is 9.59 Å². The third-order valence-corrected chi connectivity index (χ3v) is 3.86. The Bertz CT molecular complexity index is 1110. The number of benzene rings is 2. The minimum absolute atomic E-state index is 0.0738. The predicted molar refractivity (Wildman–Crippen MR) is 89.0 cm³/mol. The van der Waals surface area contributed by atoms with Crippen LogP contribution in [0.2, 0.25) is 0 Å². The second kappa shape index (κ2) is 5.83. The molecule has 0 N–H and O–H groups in total. The molecule has 0 unspecified atom stereocenters. The van der Waals surface area contributed by atoms with Crippen LogP contribution in [0, 0.1) is 5.82 Å². The van der Waals surface area contributed by atoms with Gasteiger partial charge in [0.1, 0.15) is 11.5 Å². The van der Waals surface area contributed by atoms with E-state index in [2.05, 4.69) is 5.10 Å². The van der Waals surface area contributed by atoms with Crippen molar-refractivity contribution in [3.8, 4) is 11.5 Å². The molecule has 0 aliphatic carbocycles. The summed E-state index contributed by atoms with van der Waals surface area (Å²) in [4.78, 5) is 23.6. The van der Waals surface area contributed by atoms with Crippen molar-refractivity contribution < 1.29 is 18.4 Å². The molecule has 2 aromatic carbocycles. The van der Waals surface area contributed by atoms with E-state index in [4.69, 9.17) is 4.42 Å². The van der Waals surface area contributed by atoms with Crippen molar-refractivity contribution in [1.82, 2.24) is 9.78 Å². The van der Waals surface area contributed by atoms with Crippen molar-refractivity contribution in [1.29, 1.82) is 0 Å². The fraction of sp³-hybridized carbons (Fsp3) is 0. The summed E-state index contributed by atoms with van der Waals surface area (Å²) in [6.07, 6.45) is 0.590. The number of halogens is 1. The van der Waals surface area contributed by atoms with E-state index in [1.807, 2.05) is 0 Å². The third kappa shape index (κ3) is 2.44. The molecule has 0 saturated carbocycles. The highest BCUT2D eigenvalue weighted by Crippen LogP contribution is 2.29.